The molecular formula is C41H44NO2PS. The number of rotatable bonds is 8. The molecule has 5 aromatic carbocycles. The van der Waals surface area contributed by atoms with E-state index in [0.717, 1.165) is 28.2 Å². The molecule has 236 valence electrons. The SMILES string of the molecule is CC(C)c1ccccc1[C@@H](NS(=O)C(C)(C)C)c1cccc2c1Oc1c(P(c3ccccc3)c3ccccc3)cccc1C2(C)C. The molecule has 0 spiro atoms. The van der Waals surface area contributed by atoms with Gasteiger partial charge in [-0.05, 0) is 56.3 Å². The number of fused-ring (bicyclic) bond motifs is 2. The molecule has 0 aliphatic carbocycles. The highest BCUT2D eigenvalue weighted by molar-refractivity contribution is 7.84. The van der Waals surface area contributed by atoms with E-state index in [0.29, 0.717) is 5.92 Å². The molecule has 1 aliphatic heterocycles. The van der Waals surface area contributed by atoms with Gasteiger partial charge in [0.05, 0.1) is 21.8 Å². The van der Waals surface area contributed by atoms with Gasteiger partial charge in [-0.1, -0.05) is 149 Å². The van der Waals surface area contributed by atoms with E-state index in [2.05, 4.69) is 154 Å². The topological polar surface area (TPSA) is 38.3 Å². The standard InChI is InChI=1S/C41H44NO2PS/c1-28(2)31-22-14-15-23-32(31)37(42-46(43)40(3,4)5)33-24-16-25-34-38(33)44-39-35(41(34,6)7)26-17-27-36(39)45(29-18-10-8-11-19-29)30-20-12-9-13-21-30/h8-28,37,42H,1-7H3/t37-,46?/m1/s1. The lowest BCUT2D eigenvalue weighted by atomic mass is 9.74. The van der Waals surface area contributed by atoms with Gasteiger partial charge >= 0.3 is 0 Å². The van der Waals surface area contributed by atoms with Crippen LogP contribution in [-0.4, -0.2) is 8.96 Å². The summed E-state index contributed by atoms with van der Waals surface area (Å²) in [5.41, 5.74) is 5.35. The van der Waals surface area contributed by atoms with E-state index in [1.807, 2.05) is 20.8 Å². The molecule has 0 saturated carbocycles. The molecule has 2 atom stereocenters. The van der Waals surface area contributed by atoms with Crippen LogP contribution in [0.4, 0.5) is 0 Å². The normalized spacial score (nSPS) is 15.2. The van der Waals surface area contributed by atoms with Gasteiger partial charge in [-0.25, -0.2) is 8.93 Å². The highest BCUT2D eigenvalue weighted by Gasteiger charge is 2.40. The molecule has 5 heteroatoms. The Morgan fingerprint density at radius 1 is 0.652 bits per heavy atom. The summed E-state index contributed by atoms with van der Waals surface area (Å²) in [4.78, 5) is 0. The van der Waals surface area contributed by atoms with E-state index in [9.17, 15) is 4.21 Å². The fourth-order valence-corrected chi connectivity index (χ4v) is 9.62. The van der Waals surface area contributed by atoms with Gasteiger partial charge < -0.3 is 4.74 Å². The highest BCUT2D eigenvalue weighted by atomic mass is 32.2. The Morgan fingerprint density at radius 2 is 1.15 bits per heavy atom. The van der Waals surface area contributed by atoms with Crippen LogP contribution < -0.4 is 25.4 Å². The van der Waals surface area contributed by atoms with E-state index in [1.165, 1.54) is 27.0 Å². The van der Waals surface area contributed by atoms with Crippen LogP contribution in [0.1, 0.15) is 88.2 Å². The van der Waals surface area contributed by atoms with E-state index in [4.69, 9.17) is 4.74 Å². The first-order chi connectivity index (χ1) is 22.0. The first kappa shape index (κ1) is 32.4. The van der Waals surface area contributed by atoms with Crippen LogP contribution in [0.5, 0.6) is 11.5 Å². The summed E-state index contributed by atoms with van der Waals surface area (Å²) in [6.07, 6.45) is 0. The first-order valence-corrected chi connectivity index (χ1v) is 18.6. The first-order valence-electron chi connectivity index (χ1n) is 16.1. The third-order valence-electron chi connectivity index (χ3n) is 8.88. The number of ether oxygens (including phenoxy) is 1. The van der Waals surface area contributed by atoms with Crippen molar-refractivity contribution < 1.29 is 8.95 Å². The maximum Gasteiger partial charge on any atom is 0.139 e. The predicted octanol–water partition coefficient (Wildman–Crippen LogP) is 9.14. The van der Waals surface area contributed by atoms with E-state index in [1.54, 1.807) is 0 Å². The van der Waals surface area contributed by atoms with Crippen molar-refractivity contribution in [3.63, 3.8) is 0 Å². The van der Waals surface area contributed by atoms with Gasteiger partial charge in [-0.3, -0.25) is 0 Å². The van der Waals surface area contributed by atoms with Gasteiger partial charge in [-0.2, -0.15) is 0 Å². The van der Waals surface area contributed by atoms with Gasteiger partial charge in [-0.15, -0.1) is 0 Å². The molecule has 1 heterocycles. The Bertz CT molecular complexity index is 1820. The van der Waals surface area contributed by atoms with Crippen LogP contribution in [0.3, 0.4) is 0 Å². The van der Waals surface area contributed by atoms with Gasteiger partial charge in [0.2, 0.25) is 0 Å². The lowest BCUT2D eigenvalue weighted by molar-refractivity contribution is 0.413. The minimum absolute atomic E-state index is 0.299. The molecule has 0 amide bonds. The summed E-state index contributed by atoms with van der Waals surface area (Å²) >= 11 is 0. The van der Waals surface area contributed by atoms with E-state index < -0.39 is 23.7 Å². The lowest BCUT2D eigenvalue weighted by Gasteiger charge is -2.39. The molecule has 5 aromatic rings. The van der Waals surface area contributed by atoms with Crippen molar-refractivity contribution in [2.24, 2.45) is 0 Å². The van der Waals surface area contributed by atoms with Gasteiger partial charge in [0.1, 0.15) is 11.5 Å². The zero-order chi connectivity index (χ0) is 32.6. The molecule has 1 N–H and O–H groups in total. The summed E-state index contributed by atoms with van der Waals surface area (Å²) in [6.45, 7) is 15.1. The highest BCUT2D eigenvalue weighted by Crippen LogP contribution is 2.53. The van der Waals surface area contributed by atoms with E-state index in [-0.39, 0.29) is 11.5 Å². The summed E-state index contributed by atoms with van der Waals surface area (Å²) in [6, 6.07) is 42.9. The van der Waals surface area contributed by atoms with Crippen LogP contribution in [0, 0.1) is 0 Å². The second-order valence-electron chi connectivity index (χ2n) is 13.8. The summed E-state index contributed by atoms with van der Waals surface area (Å²) < 4.78 is 24.2. The zero-order valence-corrected chi connectivity index (χ0v) is 29.6. The van der Waals surface area contributed by atoms with Crippen LogP contribution in [0.15, 0.2) is 121 Å². The fraction of sp³-hybridized carbons (Fsp3) is 0.268. The summed E-state index contributed by atoms with van der Waals surface area (Å²) in [5, 5.41) is 3.76. The second kappa shape index (κ2) is 12.9. The third-order valence-corrected chi connectivity index (χ3v) is 12.9. The van der Waals surface area contributed by atoms with Crippen LogP contribution in [0.25, 0.3) is 0 Å². The molecule has 0 radical (unpaired) electrons. The minimum Gasteiger partial charge on any atom is -0.456 e. The predicted molar refractivity (Wildman–Crippen MR) is 197 cm³/mol. The number of nitrogens with one attached hydrogen (secondary N) is 1. The van der Waals surface area contributed by atoms with Crippen LogP contribution in [-0.2, 0) is 16.4 Å². The van der Waals surface area contributed by atoms with Crippen LogP contribution in [0.2, 0.25) is 0 Å². The average Bonchev–Trinajstić information content (AvgIpc) is 3.04. The van der Waals surface area contributed by atoms with E-state index >= 15 is 0 Å². The molecule has 0 bridgehead atoms. The third kappa shape index (κ3) is 6.11. The zero-order valence-electron chi connectivity index (χ0n) is 27.9. The molecule has 6 rings (SSSR count). The van der Waals surface area contributed by atoms with Crippen molar-refractivity contribution in [2.45, 2.75) is 70.6 Å². The van der Waals surface area contributed by atoms with Gasteiger partial charge in [0.15, 0.2) is 0 Å². The Morgan fingerprint density at radius 3 is 1.72 bits per heavy atom. The molecule has 46 heavy (non-hydrogen) atoms. The molecule has 1 aliphatic rings. The van der Waals surface area contributed by atoms with Crippen molar-refractivity contribution in [3.8, 4) is 11.5 Å². The smallest absolute Gasteiger partial charge is 0.139 e. The molecule has 1 unspecified atom stereocenters. The maximum absolute atomic E-state index is 13.8. The van der Waals surface area contributed by atoms with Crippen molar-refractivity contribution in [2.75, 3.05) is 0 Å². The van der Waals surface area contributed by atoms with Crippen molar-refractivity contribution in [1.29, 1.82) is 0 Å². The average molecular weight is 646 g/mol. The molecule has 0 aromatic heterocycles. The molecule has 0 saturated heterocycles. The minimum atomic E-state index is -1.32. The number of hydrogen-bond donors (Lipinski definition) is 1. The number of para-hydroxylation sites is 2. The summed E-state index contributed by atoms with van der Waals surface area (Å²) in [7, 11) is -2.21. The molecule has 0 fully saturated rings. The Balaban J connectivity index is 1.57. The Labute approximate surface area is 278 Å². The maximum atomic E-state index is 13.8. The molecule has 3 nitrogen and oxygen atoms in total. The van der Waals surface area contributed by atoms with Crippen molar-refractivity contribution in [3.05, 3.63) is 149 Å². The number of hydrogen-bond acceptors (Lipinski definition) is 2. The van der Waals surface area contributed by atoms with Gasteiger partial charge in [0.25, 0.3) is 0 Å². The van der Waals surface area contributed by atoms with Crippen LogP contribution >= 0.6 is 7.92 Å². The Kier molecular flexibility index (Phi) is 9.09. The molecular weight excluding hydrogens is 601 g/mol. The van der Waals surface area contributed by atoms with Crippen molar-refractivity contribution in [1.82, 2.24) is 4.72 Å². The van der Waals surface area contributed by atoms with Crippen molar-refractivity contribution >= 4 is 34.8 Å². The second-order valence-corrected chi connectivity index (χ2v) is 18.0. The Hall–Kier alpha value is -3.56. The fourth-order valence-electron chi connectivity index (χ4n) is 6.40. The quantitative estimate of drug-likeness (QED) is 0.171. The van der Waals surface area contributed by atoms with Gasteiger partial charge in [0, 0.05) is 27.4 Å². The summed E-state index contributed by atoms with van der Waals surface area (Å²) in [5.74, 6) is 2.08. The number of benzene rings is 5. The monoisotopic (exact) mass is 645 g/mol. The lowest BCUT2D eigenvalue weighted by Crippen LogP contribution is -2.37. The largest absolute Gasteiger partial charge is 0.456 e.